The average molecular weight is 290 g/mol. The third-order valence-electron chi connectivity index (χ3n) is 3.32. The Morgan fingerprint density at radius 2 is 1.76 bits per heavy atom. The summed E-state index contributed by atoms with van der Waals surface area (Å²) in [5.41, 5.74) is 1.08. The van der Waals surface area contributed by atoms with Crippen LogP contribution in [-0.2, 0) is 9.59 Å². The molecule has 1 aromatic carbocycles. The van der Waals surface area contributed by atoms with Gasteiger partial charge in [0.2, 0.25) is 11.8 Å². The Labute approximate surface area is 127 Å². The fraction of sp³-hybridized carbons (Fsp3) is 0.529. The molecular formula is C17H26N2O2. The van der Waals surface area contributed by atoms with Crippen molar-refractivity contribution in [3.05, 3.63) is 35.9 Å². The van der Waals surface area contributed by atoms with E-state index in [0.717, 1.165) is 5.56 Å². The molecule has 1 unspecified atom stereocenters. The van der Waals surface area contributed by atoms with E-state index in [4.69, 9.17) is 0 Å². The van der Waals surface area contributed by atoms with Crippen LogP contribution < -0.4 is 5.32 Å². The molecule has 0 saturated heterocycles. The summed E-state index contributed by atoms with van der Waals surface area (Å²) in [4.78, 5) is 25.3. The normalized spacial score (nSPS) is 12.0. The second kappa shape index (κ2) is 8.45. The minimum atomic E-state index is -0.0265. The molecule has 0 fully saturated rings. The predicted octanol–water partition coefficient (Wildman–Crippen LogP) is 2.76. The van der Waals surface area contributed by atoms with Crippen molar-refractivity contribution in [2.45, 2.75) is 40.2 Å². The average Bonchev–Trinajstić information content (AvgIpc) is 2.43. The Hall–Kier alpha value is -1.84. The van der Waals surface area contributed by atoms with Crippen molar-refractivity contribution >= 4 is 11.8 Å². The monoisotopic (exact) mass is 290 g/mol. The lowest BCUT2D eigenvalue weighted by atomic mass is 10.1. The maximum Gasteiger partial charge on any atom is 0.222 e. The molecule has 1 N–H and O–H groups in total. The molecule has 0 aliphatic heterocycles. The highest BCUT2D eigenvalue weighted by Crippen LogP contribution is 2.11. The van der Waals surface area contributed by atoms with E-state index in [0.29, 0.717) is 25.4 Å². The molecule has 0 aliphatic carbocycles. The Balaban J connectivity index is 2.44. The number of carbonyl (C=O) groups excluding carboxylic acids is 2. The molecular weight excluding hydrogens is 264 g/mol. The SMILES string of the molecule is CC(=O)N(CCC(=O)NC(C)c1ccccc1)CC(C)C. The van der Waals surface area contributed by atoms with Gasteiger partial charge in [-0.25, -0.2) is 0 Å². The van der Waals surface area contributed by atoms with Crippen LogP contribution in [0.15, 0.2) is 30.3 Å². The molecule has 21 heavy (non-hydrogen) atoms. The number of benzene rings is 1. The lowest BCUT2D eigenvalue weighted by Gasteiger charge is -2.23. The van der Waals surface area contributed by atoms with Crippen LogP contribution in [0.3, 0.4) is 0 Å². The van der Waals surface area contributed by atoms with E-state index in [-0.39, 0.29) is 17.9 Å². The largest absolute Gasteiger partial charge is 0.350 e. The van der Waals surface area contributed by atoms with Crippen LogP contribution in [0.2, 0.25) is 0 Å². The van der Waals surface area contributed by atoms with Gasteiger partial charge in [0.05, 0.1) is 6.04 Å². The zero-order valence-electron chi connectivity index (χ0n) is 13.4. The maximum absolute atomic E-state index is 12.0. The van der Waals surface area contributed by atoms with Crippen LogP contribution in [0, 0.1) is 5.92 Å². The van der Waals surface area contributed by atoms with Crippen molar-refractivity contribution in [3.63, 3.8) is 0 Å². The van der Waals surface area contributed by atoms with Gasteiger partial charge in [0.15, 0.2) is 0 Å². The molecule has 0 saturated carbocycles. The highest BCUT2D eigenvalue weighted by Gasteiger charge is 2.14. The third-order valence-corrected chi connectivity index (χ3v) is 3.32. The highest BCUT2D eigenvalue weighted by molar-refractivity contribution is 5.78. The van der Waals surface area contributed by atoms with Crippen molar-refractivity contribution < 1.29 is 9.59 Å². The smallest absolute Gasteiger partial charge is 0.222 e. The second-order valence-electron chi connectivity index (χ2n) is 5.81. The molecule has 1 rings (SSSR count). The van der Waals surface area contributed by atoms with Gasteiger partial charge >= 0.3 is 0 Å². The van der Waals surface area contributed by atoms with Crippen LogP contribution in [0.4, 0.5) is 0 Å². The van der Waals surface area contributed by atoms with Crippen molar-refractivity contribution in [3.8, 4) is 0 Å². The fourth-order valence-corrected chi connectivity index (χ4v) is 2.19. The number of hydrogen-bond donors (Lipinski definition) is 1. The molecule has 0 radical (unpaired) electrons. The first kappa shape index (κ1) is 17.2. The fourth-order valence-electron chi connectivity index (χ4n) is 2.19. The van der Waals surface area contributed by atoms with E-state index >= 15 is 0 Å². The number of hydrogen-bond acceptors (Lipinski definition) is 2. The maximum atomic E-state index is 12.0. The topological polar surface area (TPSA) is 49.4 Å². The zero-order chi connectivity index (χ0) is 15.8. The first-order valence-corrected chi connectivity index (χ1v) is 7.50. The van der Waals surface area contributed by atoms with E-state index < -0.39 is 0 Å². The van der Waals surface area contributed by atoms with Crippen LogP contribution in [0.25, 0.3) is 0 Å². The molecule has 0 bridgehead atoms. The first-order chi connectivity index (χ1) is 9.90. The highest BCUT2D eigenvalue weighted by atomic mass is 16.2. The van der Waals surface area contributed by atoms with Gasteiger partial charge < -0.3 is 10.2 Å². The van der Waals surface area contributed by atoms with Gasteiger partial charge in [-0.05, 0) is 18.4 Å². The third kappa shape index (κ3) is 6.43. The van der Waals surface area contributed by atoms with E-state index in [9.17, 15) is 9.59 Å². The Morgan fingerprint density at radius 3 is 2.29 bits per heavy atom. The lowest BCUT2D eigenvalue weighted by Crippen LogP contribution is -2.36. The molecule has 2 amide bonds. The molecule has 4 nitrogen and oxygen atoms in total. The van der Waals surface area contributed by atoms with E-state index in [1.807, 2.05) is 37.3 Å². The molecule has 0 heterocycles. The second-order valence-corrected chi connectivity index (χ2v) is 5.81. The summed E-state index contributed by atoms with van der Waals surface area (Å²) >= 11 is 0. The van der Waals surface area contributed by atoms with E-state index in [1.54, 1.807) is 11.8 Å². The number of amides is 2. The summed E-state index contributed by atoms with van der Waals surface area (Å²) < 4.78 is 0. The zero-order valence-corrected chi connectivity index (χ0v) is 13.4. The summed E-state index contributed by atoms with van der Waals surface area (Å²) in [6, 6.07) is 9.83. The quantitative estimate of drug-likeness (QED) is 0.839. The standard InChI is InChI=1S/C17H26N2O2/c1-13(2)12-19(15(4)20)11-10-17(21)18-14(3)16-8-6-5-7-9-16/h5-9,13-14H,10-12H2,1-4H3,(H,18,21). The molecule has 1 aromatic rings. The molecule has 116 valence electrons. The van der Waals surface area contributed by atoms with Gasteiger partial charge in [-0.1, -0.05) is 44.2 Å². The van der Waals surface area contributed by atoms with Crippen LogP contribution in [0.5, 0.6) is 0 Å². The minimum absolute atomic E-state index is 0.0189. The number of rotatable bonds is 7. The summed E-state index contributed by atoms with van der Waals surface area (Å²) in [7, 11) is 0. The summed E-state index contributed by atoms with van der Waals surface area (Å²) in [6.45, 7) is 8.80. The molecule has 0 aromatic heterocycles. The first-order valence-electron chi connectivity index (χ1n) is 7.50. The lowest BCUT2D eigenvalue weighted by molar-refractivity contribution is -0.130. The molecule has 0 aliphatic rings. The van der Waals surface area contributed by atoms with Gasteiger partial charge in [-0.2, -0.15) is 0 Å². The Morgan fingerprint density at radius 1 is 1.14 bits per heavy atom. The Kier molecular flexibility index (Phi) is 6.92. The van der Waals surface area contributed by atoms with Gasteiger partial charge in [0.1, 0.15) is 0 Å². The van der Waals surface area contributed by atoms with Crippen molar-refractivity contribution in [2.24, 2.45) is 5.92 Å². The van der Waals surface area contributed by atoms with Crippen molar-refractivity contribution in [1.29, 1.82) is 0 Å². The van der Waals surface area contributed by atoms with Crippen LogP contribution in [-0.4, -0.2) is 29.8 Å². The number of nitrogens with one attached hydrogen (secondary N) is 1. The number of nitrogens with zero attached hydrogens (tertiary/aromatic N) is 1. The molecule has 1 atom stereocenters. The van der Waals surface area contributed by atoms with Crippen LogP contribution >= 0.6 is 0 Å². The minimum Gasteiger partial charge on any atom is -0.350 e. The van der Waals surface area contributed by atoms with Gasteiger partial charge in [0, 0.05) is 26.4 Å². The van der Waals surface area contributed by atoms with E-state index in [1.165, 1.54) is 0 Å². The predicted molar refractivity (Wildman–Crippen MR) is 84.7 cm³/mol. The van der Waals surface area contributed by atoms with Crippen LogP contribution in [0.1, 0.15) is 45.7 Å². The summed E-state index contributed by atoms with van der Waals surface area (Å²) in [5, 5.41) is 2.97. The van der Waals surface area contributed by atoms with Crippen molar-refractivity contribution in [1.82, 2.24) is 10.2 Å². The van der Waals surface area contributed by atoms with Gasteiger partial charge in [-0.3, -0.25) is 9.59 Å². The number of carbonyl (C=O) groups is 2. The molecule has 0 spiro atoms. The van der Waals surface area contributed by atoms with Gasteiger partial charge in [-0.15, -0.1) is 0 Å². The molecule has 4 heteroatoms. The summed E-state index contributed by atoms with van der Waals surface area (Å²) in [5.74, 6) is 0.397. The van der Waals surface area contributed by atoms with Gasteiger partial charge in [0.25, 0.3) is 0 Å². The van der Waals surface area contributed by atoms with E-state index in [2.05, 4.69) is 19.2 Å². The Bertz CT molecular complexity index is 457. The summed E-state index contributed by atoms with van der Waals surface area (Å²) in [6.07, 6.45) is 0.337. The van der Waals surface area contributed by atoms with Crippen molar-refractivity contribution in [2.75, 3.05) is 13.1 Å².